The molecule has 6 atom stereocenters. The molecule has 4 aliphatic carbocycles. The van der Waals surface area contributed by atoms with Gasteiger partial charge < -0.3 is 5.32 Å². The summed E-state index contributed by atoms with van der Waals surface area (Å²) in [6, 6.07) is -0.0863. The van der Waals surface area contributed by atoms with Crippen molar-refractivity contribution in [3.8, 4) is 0 Å². The molecule has 0 spiro atoms. The molecular weight excluding hydrogens is 391 g/mol. The van der Waals surface area contributed by atoms with Crippen molar-refractivity contribution in [1.29, 1.82) is 0 Å². The zero-order valence-corrected chi connectivity index (χ0v) is 18.0. The van der Waals surface area contributed by atoms with E-state index in [0.29, 0.717) is 32.1 Å². The van der Waals surface area contributed by atoms with Crippen molar-refractivity contribution in [2.45, 2.75) is 77.9 Å². The highest BCUT2D eigenvalue weighted by molar-refractivity contribution is 5.92. The molecule has 3 nitrogen and oxygen atoms in total. The summed E-state index contributed by atoms with van der Waals surface area (Å²) in [7, 11) is 0. The summed E-state index contributed by atoms with van der Waals surface area (Å²) in [6.07, 6.45) is 4.17. The number of fused-ring (bicyclic) bond motifs is 5. The van der Waals surface area contributed by atoms with E-state index in [2.05, 4.69) is 18.3 Å². The van der Waals surface area contributed by atoms with Gasteiger partial charge in [0.25, 0.3) is 0 Å². The van der Waals surface area contributed by atoms with Crippen LogP contribution in [0.4, 0.5) is 13.2 Å². The third kappa shape index (κ3) is 3.44. The molecule has 30 heavy (non-hydrogen) atoms. The van der Waals surface area contributed by atoms with Crippen molar-refractivity contribution in [1.82, 2.24) is 5.32 Å². The second-order valence-electron chi connectivity index (χ2n) is 10.5. The molecule has 0 bridgehead atoms. The van der Waals surface area contributed by atoms with E-state index in [1.807, 2.05) is 19.9 Å². The van der Waals surface area contributed by atoms with Gasteiger partial charge in [-0.05, 0) is 86.2 Å². The molecule has 0 aromatic rings. The van der Waals surface area contributed by atoms with Gasteiger partial charge in [-0.2, -0.15) is 13.2 Å². The van der Waals surface area contributed by atoms with Crippen LogP contribution < -0.4 is 5.32 Å². The molecule has 0 heterocycles. The lowest BCUT2D eigenvalue weighted by molar-refractivity contribution is -0.185. The van der Waals surface area contributed by atoms with Crippen LogP contribution >= 0.6 is 0 Å². The molecule has 0 aliphatic heterocycles. The molecule has 1 N–H and O–H groups in total. The number of rotatable bonds is 3. The summed E-state index contributed by atoms with van der Waals surface area (Å²) >= 11 is 0. The van der Waals surface area contributed by atoms with Gasteiger partial charge in [0.2, 0.25) is 5.91 Å². The van der Waals surface area contributed by atoms with Crippen LogP contribution in [0.15, 0.2) is 23.8 Å². The topological polar surface area (TPSA) is 46.2 Å². The van der Waals surface area contributed by atoms with Gasteiger partial charge in [0.1, 0.15) is 0 Å². The van der Waals surface area contributed by atoms with Gasteiger partial charge in [0.15, 0.2) is 5.78 Å². The first kappa shape index (κ1) is 21.6. The van der Waals surface area contributed by atoms with E-state index >= 15 is 0 Å². The van der Waals surface area contributed by atoms with E-state index < -0.39 is 23.9 Å². The van der Waals surface area contributed by atoms with Crippen molar-refractivity contribution >= 4 is 11.7 Å². The highest BCUT2D eigenvalue weighted by atomic mass is 19.4. The molecule has 6 heteroatoms. The number of allylic oxidation sites excluding steroid dienone is 4. The van der Waals surface area contributed by atoms with Crippen LogP contribution in [-0.4, -0.2) is 23.9 Å². The minimum absolute atomic E-state index is 0.0355. The first-order chi connectivity index (χ1) is 14.0. The number of ketones is 1. The van der Waals surface area contributed by atoms with E-state index in [-0.39, 0.29) is 40.9 Å². The second-order valence-corrected chi connectivity index (χ2v) is 10.5. The number of nitrogens with one attached hydrogen (secondary N) is 1. The van der Waals surface area contributed by atoms with E-state index in [4.69, 9.17) is 0 Å². The van der Waals surface area contributed by atoms with Crippen LogP contribution in [0.25, 0.3) is 0 Å². The highest BCUT2D eigenvalue weighted by Crippen LogP contribution is 2.67. The number of hydrogen-bond acceptors (Lipinski definition) is 2. The van der Waals surface area contributed by atoms with Gasteiger partial charge in [0, 0.05) is 18.4 Å². The molecule has 2 fully saturated rings. The molecule has 166 valence electrons. The van der Waals surface area contributed by atoms with Crippen LogP contribution in [-0.2, 0) is 9.59 Å². The number of alkyl halides is 3. The Bertz CT molecular complexity index is 799. The maximum Gasteiger partial charge on any atom is 0.389 e. The van der Waals surface area contributed by atoms with E-state index in [9.17, 15) is 22.8 Å². The summed E-state index contributed by atoms with van der Waals surface area (Å²) in [5.41, 5.74) is -0.142. The van der Waals surface area contributed by atoms with Gasteiger partial charge in [-0.15, -0.1) is 0 Å². The van der Waals surface area contributed by atoms with Crippen molar-refractivity contribution in [2.24, 2.45) is 34.5 Å². The Morgan fingerprint density at radius 1 is 1.20 bits per heavy atom. The summed E-state index contributed by atoms with van der Waals surface area (Å²) in [4.78, 5) is 24.9. The minimum atomic E-state index is -4.30. The SMILES string of the molecule is CC(C)NC(=O)[C@H]1CC[C@H]2[C@@H]3C=CC4=CC(=O)CC[C@]4(C)[C@H]3CC[C@]12CC(F)(F)F. The predicted octanol–water partition coefficient (Wildman–Crippen LogP) is 5.37. The van der Waals surface area contributed by atoms with Crippen molar-refractivity contribution in [2.75, 3.05) is 0 Å². The van der Waals surface area contributed by atoms with E-state index in [0.717, 1.165) is 12.0 Å². The fourth-order valence-corrected chi connectivity index (χ4v) is 7.31. The van der Waals surface area contributed by atoms with Crippen LogP contribution in [0, 0.1) is 34.5 Å². The first-order valence-electron chi connectivity index (χ1n) is 11.3. The third-order valence-corrected chi connectivity index (χ3v) is 8.51. The Labute approximate surface area is 176 Å². The number of carbonyl (C=O) groups is 2. The lowest BCUT2D eigenvalue weighted by Crippen LogP contribution is -2.53. The number of amides is 1. The van der Waals surface area contributed by atoms with Crippen LogP contribution in [0.1, 0.15) is 65.7 Å². The Morgan fingerprint density at radius 2 is 1.93 bits per heavy atom. The monoisotopic (exact) mass is 423 g/mol. The Kier molecular flexibility index (Phi) is 5.22. The summed E-state index contributed by atoms with van der Waals surface area (Å²) < 4.78 is 41.4. The largest absolute Gasteiger partial charge is 0.389 e. The third-order valence-electron chi connectivity index (χ3n) is 8.51. The molecule has 0 saturated heterocycles. The average molecular weight is 424 g/mol. The maximum absolute atomic E-state index is 13.8. The summed E-state index contributed by atoms with van der Waals surface area (Å²) in [5, 5.41) is 2.89. The van der Waals surface area contributed by atoms with Crippen molar-refractivity contribution in [3.63, 3.8) is 0 Å². The fourth-order valence-electron chi connectivity index (χ4n) is 7.31. The molecule has 0 radical (unpaired) electrons. The second kappa shape index (κ2) is 7.23. The predicted molar refractivity (Wildman–Crippen MR) is 108 cm³/mol. The van der Waals surface area contributed by atoms with E-state index in [1.165, 1.54) is 0 Å². The molecule has 1 amide bonds. The van der Waals surface area contributed by atoms with Gasteiger partial charge in [-0.1, -0.05) is 19.1 Å². The fraction of sp³-hybridized carbons (Fsp3) is 0.750. The highest BCUT2D eigenvalue weighted by Gasteiger charge is 2.63. The zero-order valence-electron chi connectivity index (χ0n) is 18.0. The van der Waals surface area contributed by atoms with Crippen LogP contribution in [0.2, 0.25) is 0 Å². The van der Waals surface area contributed by atoms with Crippen LogP contribution in [0.3, 0.4) is 0 Å². The lowest BCUT2D eigenvalue weighted by atomic mass is 9.47. The van der Waals surface area contributed by atoms with Crippen molar-refractivity contribution in [3.05, 3.63) is 23.8 Å². The Balaban J connectivity index is 1.72. The van der Waals surface area contributed by atoms with Gasteiger partial charge in [-0.3, -0.25) is 9.59 Å². The molecule has 2 saturated carbocycles. The van der Waals surface area contributed by atoms with Gasteiger partial charge >= 0.3 is 6.18 Å². The van der Waals surface area contributed by atoms with Crippen molar-refractivity contribution < 1.29 is 22.8 Å². The van der Waals surface area contributed by atoms with E-state index in [1.54, 1.807) is 6.08 Å². The smallest absolute Gasteiger partial charge is 0.354 e. The van der Waals surface area contributed by atoms with Gasteiger partial charge in [0.05, 0.1) is 6.42 Å². The lowest BCUT2D eigenvalue weighted by Gasteiger charge is -2.56. The molecule has 4 rings (SSSR count). The normalized spacial score (nSPS) is 40.5. The standard InChI is InChI=1S/C24H32F3NO2/c1-14(2)28-21(30)20-7-6-19-17-5-4-15-12-16(29)8-10-22(15,3)18(17)9-11-23(19,20)13-24(25,26)27/h4-5,12,14,17-20H,6-11,13H2,1-3H3,(H,28,30)/t17-,18+,19+,20-,22+,23-/m1/s1. The molecular formula is C24H32F3NO2. The summed E-state index contributed by atoms with van der Waals surface area (Å²) in [6.45, 7) is 5.88. The number of carbonyl (C=O) groups excluding carboxylic acids is 2. The number of hydrogen-bond donors (Lipinski definition) is 1. The molecule has 0 aromatic carbocycles. The maximum atomic E-state index is 13.8. The zero-order chi connectivity index (χ0) is 21.9. The first-order valence-corrected chi connectivity index (χ1v) is 11.3. The molecule has 0 aromatic heterocycles. The molecule has 4 aliphatic rings. The number of halogens is 3. The quantitative estimate of drug-likeness (QED) is 0.664. The summed E-state index contributed by atoms with van der Waals surface area (Å²) in [5.74, 6) is -0.538. The Hall–Kier alpha value is -1.59. The average Bonchev–Trinajstić information content (AvgIpc) is 2.99. The minimum Gasteiger partial charge on any atom is -0.354 e. The van der Waals surface area contributed by atoms with Crippen LogP contribution in [0.5, 0.6) is 0 Å². The Morgan fingerprint density at radius 3 is 2.60 bits per heavy atom. The molecule has 0 unspecified atom stereocenters. The van der Waals surface area contributed by atoms with Gasteiger partial charge in [-0.25, -0.2) is 0 Å².